The van der Waals surface area contributed by atoms with E-state index in [9.17, 15) is 18.0 Å². The second-order valence-electron chi connectivity index (χ2n) is 6.11. The van der Waals surface area contributed by atoms with Crippen molar-refractivity contribution in [3.8, 4) is 11.5 Å². The summed E-state index contributed by atoms with van der Waals surface area (Å²) in [5.41, 5.74) is 0.0893. The Labute approximate surface area is 148 Å². The van der Waals surface area contributed by atoms with Gasteiger partial charge in [0.25, 0.3) is 5.91 Å². The standard InChI is InChI=1S/C19H18F3NO3/c1-25-15-5-2-4-14(16(15)26-18(21)22)17(24)23-19(10-3-11-19)12-6-8-13(20)9-7-12/h2,4-9,18H,3,10-11H2,1H3,(H,23,24). The predicted octanol–water partition coefficient (Wildman–Crippen LogP) is 4.24. The third kappa shape index (κ3) is 3.47. The Morgan fingerprint density at radius 1 is 1.15 bits per heavy atom. The van der Waals surface area contributed by atoms with Crippen LogP contribution in [0.1, 0.15) is 35.2 Å². The Morgan fingerprint density at radius 2 is 1.85 bits per heavy atom. The number of methoxy groups -OCH3 is 1. The van der Waals surface area contributed by atoms with Crippen LogP contribution in [0.4, 0.5) is 13.2 Å². The van der Waals surface area contributed by atoms with E-state index in [4.69, 9.17) is 4.74 Å². The summed E-state index contributed by atoms with van der Waals surface area (Å²) in [6, 6.07) is 10.3. The number of hydrogen-bond donors (Lipinski definition) is 1. The first-order valence-electron chi connectivity index (χ1n) is 8.15. The van der Waals surface area contributed by atoms with Crippen LogP contribution in [0, 0.1) is 5.82 Å². The van der Waals surface area contributed by atoms with Crippen LogP contribution in [-0.2, 0) is 5.54 Å². The van der Waals surface area contributed by atoms with Crippen molar-refractivity contribution < 1.29 is 27.4 Å². The van der Waals surface area contributed by atoms with Crippen LogP contribution in [0.2, 0.25) is 0 Å². The molecule has 2 aromatic carbocycles. The van der Waals surface area contributed by atoms with Crippen molar-refractivity contribution in [1.29, 1.82) is 0 Å². The first-order valence-corrected chi connectivity index (χ1v) is 8.15. The topological polar surface area (TPSA) is 47.6 Å². The zero-order valence-electron chi connectivity index (χ0n) is 14.1. The lowest BCUT2D eigenvalue weighted by Gasteiger charge is -2.43. The van der Waals surface area contributed by atoms with Crippen LogP contribution >= 0.6 is 0 Å². The van der Waals surface area contributed by atoms with Crippen LogP contribution in [0.15, 0.2) is 42.5 Å². The van der Waals surface area contributed by atoms with Crippen LogP contribution in [0.3, 0.4) is 0 Å². The molecule has 0 saturated heterocycles. The molecule has 1 saturated carbocycles. The zero-order valence-corrected chi connectivity index (χ0v) is 14.1. The highest BCUT2D eigenvalue weighted by atomic mass is 19.3. The van der Waals surface area contributed by atoms with Crippen molar-refractivity contribution in [3.63, 3.8) is 0 Å². The molecule has 0 radical (unpaired) electrons. The van der Waals surface area contributed by atoms with Crippen molar-refractivity contribution in [1.82, 2.24) is 5.32 Å². The average molecular weight is 365 g/mol. The fourth-order valence-corrected chi connectivity index (χ4v) is 3.14. The van der Waals surface area contributed by atoms with Crippen LogP contribution in [0.5, 0.6) is 11.5 Å². The maximum absolute atomic E-state index is 13.2. The molecule has 1 aliphatic rings. The molecule has 0 spiro atoms. The summed E-state index contributed by atoms with van der Waals surface area (Å²) in [5.74, 6) is -1.18. The molecule has 0 heterocycles. The van der Waals surface area contributed by atoms with E-state index in [0.717, 1.165) is 12.0 Å². The van der Waals surface area contributed by atoms with Crippen LogP contribution < -0.4 is 14.8 Å². The molecule has 7 heteroatoms. The number of halogens is 3. The van der Waals surface area contributed by atoms with Gasteiger partial charge in [0.15, 0.2) is 11.5 Å². The molecule has 1 amide bonds. The smallest absolute Gasteiger partial charge is 0.387 e. The number of hydrogen-bond acceptors (Lipinski definition) is 3. The van der Waals surface area contributed by atoms with E-state index in [1.54, 1.807) is 12.1 Å². The number of ether oxygens (including phenoxy) is 2. The highest BCUT2D eigenvalue weighted by Gasteiger charge is 2.40. The molecule has 0 unspecified atom stereocenters. The summed E-state index contributed by atoms with van der Waals surface area (Å²) >= 11 is 0. The molecule has 2 aromatic rings. The zero-order chi connectivity index (χ0) is 18.7. The lowest BCUT2D eigenvalue weighted by Crippen LogP contribution is -2.50. The van der Waals surface area contributed by atoms with Crippen LogP contribution in [-0.4, -0.2) is 19.6 Å². The number of rotatable bonds is 6. The van der Waals surface area contributed by atoms with Crippen molar-refractivity contribution >= 4 is 5.91 Å². The quantitative estimate of drug-likeness (QED) is 0.833. The minimum absolute atomic E-state index is 0.0435. The highest BCUT2D eigenvalue weighted by molar-refractivity contribution is 5.98. The molecule has 0 atom stereocenters. The molecule has 26 heavy (non-hydrogen) atoms. The Hall–Kier alpha value is -2.70. The van der Waals surface area contributed by atoms with E-state index in [1.165, 1.54) is 37.4 Å². The van der Waals surface area contributed by atoms with Crippen molar-refractivity contribution in [3.05, 3.63) is 59.4 Å². The number of nitrogens with one attached hydrogen (secondary N) is 1. The number of amides is 1. The molecule has 1 fully saturated rings. The number of para-hydroxylation sites is 1. The Morgan fingerprint density at radius 3 is 2.38 bits per heavy atom. The lowest BCUT2D eigenvalue weighted by molar-refractivity contribution is -0.0515. The highest BCUT2D eigenvalue weighted by Crippen LogP contribution is 2.42. The van der Waals surface area contributed by atoms with Gasteiger partial charge in [0.2, 0.25) is 0 Å². The first kappa shape index (κ1) is 18.1. The largest absolute Gasteiger partial charge is 0.493 e. The van der Waals surface area contributed by atoms with Gasteiger partial charge in [-0.2, -0.15) is 8.78 Å². The third-order valence-corrected chi connectivity index (χ3v) is 4.61. The van der Waals surface area contributed by atoms with Gasteiger partial charge in [-0.15, -0.1) is 0 Å². The molecule has 4 nitrogen and oxygen atoms in total. The summed E-state index contributed by atoms with van der Waals surface area (Å²) in [6.45, 7) is -3.09. The number of benzene rings is 2. The summed E-state index contributed by atoms with van der Waals surface area (Å²) in [7, 11) is 1.31. The molecule has 138 valence electrons. The summed E-state index contributed by atoms with van der Waals surface area (Å²) in [5, 5.41) is 2.91. The fourth-order valence-electron chi connectivity index (χ4n) is 3.14. The summed E-state index contributed by atoms with van der Waals surface area (Å²) in [4.78, 5) is 12.8. The van der Waals surface area contributed by atoms with Gasteiger partial charge in [0.1, 0.15) is 5.82 Å². The van der Waals surface area contributed by atoms with Gasteiger partial charge in [-0.25, -0.2) is 4.39 Å². The van der Waals surface area contributed by atoms with Crippen molar-refractivity contribution in [2.24, 2.45) is 0 Å². The maximum Gasteiger partial charge on any atom is 0.387 e. The maximum atomic E-state index is 13.2. The first-order chi connectivity index (χ1) is 12.4. The molecular formula is C19H18F3NO3. The van der Waals surface area contributed by atoms with Gasteiger partial charge >= 0.3 is 6.61 Å². The minimum Gasteiger partial charge on any atom is -0.493 e. The molecule has 3 rings (SSSR count). The van der Waals surface area contributed by atoms with E-state index < -0.39 is 18.1 Å². The lowest BCUT2D eigenvalue weighted by atomic mass is 9.71. The Balaban J connectivity index is 1.91. The fraction of sp³-hybridized carbons (Fsp3) is 0.316. The average Bonchev–Trinajstić information content (AvgIpc) is 2.58. The van der Waals surface area contributed by atoms with E-state index in [1.807, 2.05) is 0 Å². The van der Waals surface area contributed by atoms with E-state index >= 15 is 0 Å². The van der Waals surface area contributed by atoms with Crippen LogP contribution in [0.25, 0.3) is 0 Å². The van der Waals surface area contributed by atoms with Gasteiger partial charge in [-0.1, -0.05) is 18.2 Å². The Bertz CT molecular complexity index is 789. The monoisotopic (exact) mass is 365 g/mol. The number of carbonyl (C=O) groups is 1. The molecule has 0 bridgehead atoms. The van der Waals surface area contributed by atoms with Gasteiger partial charge in [-0.05, 0) is 49.1 Å². The number of alkyl halides is 2. The Kier molecular flexibility index (Phi) is 5.06. The predicted molar refractivity (Wildman–Crippen MR) is 89.0 cm³/mol. The second-order valence-corrected chi connectivity index (χ2v) is 6.11. The second kappa shape index (κ2) is 7.27. The SMILES string of the molecule is COc1cccc(C(=O)NC2(c3ccc(F)cc3)CCC2)c1OC(F)F. The van der Waals surface area contributed by atoms with E-state index in [2.05, 4.69) is 10.1 Å². The van der Waals surface area contributed by atoms with E-state index in [-0.39, 0.29) is 22.9 Å². The molecule has 0 aromatic heterocycles. The number of carbonyl (C=O) groups excluding carboxylic acids is 1. The van der Waals surface area contributed by atoms with E-state index in [0.29, 0.717) is 12.8 Å². The molecule has 1 aliphatic carbocycles. The third-order valence-electron chi connectivity index (χ3n) is 4.61. The van der Waals surface area contributed by atoms with Gasteiger partial charge < -0.3 is 14.8 Å². The van der Waals surface area contributed by atoms with Crippen molar-refractivity contribution in [2.45, 2.75) is 31.4 Å². The molecule has 0 aliphatic heterocycles. The van der Waals surface area contributed by atoms with Gasteiger partial charge in [0, 0.05) is 0 Å². The summed E-state index contributed by atoms with van der Waals surface area (Å²) < 4.78 is 48.2. The minimum atomic E-state index is -3.09. The molecular weight excluding hydrogens is 347 g/mol. The van der Waals surface area contributed by atoms with Gasteiger partial charge in [-0.3, -0.25) is 4.79 Å². The normalized spacial score (nSPS) is 15.3. The van der Waals surface area contributed by atoms with Gasteiger partial charge in [0.05, 0.1) is 18.2 Å². The molecule has 1 N–H and O–H groups in total. The summed E-state index contributed by atoms with van der Waals surface area (Å²) in [6.07, 6.45) is 2.26. The van der Waals surface area contributed by atoms with Crippen molar-refractivity contribution in [2.75, 3.05) is 7.11 Å².